The van der Waals surface area contributed by atoms with Crippen LogP contribution in [0.1, 0.15) is 0 Å². The molecule has 1 aromatic rings. The first-order chi connectivity index (χ1) is 7.54. The van der Waals surface area contributed by atoms with E-state index in [1.165, 1.54) is 12.1 Å². The SMILES string of the molecule is O=CN1CC(=O)CS(=O)(=O)c2ccccc21. The molecule has 0 fully saturated rings. The van der Waals surface area contributed by atoms with Crippen molar-refractivity contribution in [3.05, 3.63) is 24.3 Å². The number of benzene rings is 1. The van der Waals surface area contributed by atoms with Crippen LogP contribution in [0.25, 0.3) is 0 Å². The molecule has 1 aromatic carbocycles. The summed E-state index contributed by atoms with van der Waals surface area (Å²) in [4.78, 5) is 23.3. The molecule has 0 radical (unpaired) electrons. The summed E-state index contributed by atoms with van der Waals surface area (Å²) in [7, 11) is -3.62. The van der Waals surface area contributed by atoms with Crippen molar-refractivity contribution in [2.75, 3.05) is 17.2 Å². The highest BCUT2D eigenvalue weighted by molar-refractivity contribution is 7.92. The third-order valence-corrected chi connectivity index (χ3v) is 4.05. The standard InChI is InChI=1S/C10H9NO4S/c12-7-11-5-8(13)6-16(14,15)10-4-2-1-3-9(10)11/h1-4,7H,5-6H2. The van der Waals surface area contributed by atoms with Crippen molar-refractivity contribution in [3.8, 4) is 0 Å². The van der Waals surface area contributed by atoms with Crippen molar-refractivity contribution in [3.63, 3.8) is 0 Å². The van der Waals surface area contributed by atoms with Crippen LogP contribution in [0.4, 0.5) is 5.69 Å². The first kappa shape index (κ1) is 10.8. The second kappa shape index (κ2) is 3.71. The first-order valence-electron chi connectivity index (χ1n) is 4.60. The zero-order valence-corrected chi connectivity index (χ0v) is 9.11. The Morgan fingerprint density at radius 1 is 1.25 bits per heavy atom. The molecular weight excluding hydrogens is 230 g/mol. The molecule has 0 spiro atoms. The number of amides is 1. The highest BCUT2D eigenvalue weighted by Gasteiger charge is 2.29. The van der Waals surface area contributed by atoms with Crippen molar-refractivity contribution in [2.24, 2.45) is 0 Å². The van der Waals surface area contributed by atoms with Gasteiger partial charge in [0, 0.05) is 0 Å². The van der Waals surface area contributed by atoms with Crippen LogP contribution in [0.2, 0.25) is 0 Å². The molecule has 1 heterocycles. The number of ketones is 1. The van der Waals surface area contributed by atoms with Crippen LogP contribution in [-0.2, 0) is 19.4 Å². The van der Waals surface area contributed by atoms with E-state index in [-0.39, 0.29) is 17.1 Å². The number of fused-ring (bicyclic) bond motifs is 1. The summed E-state index contributed by atoms with van der Waals surface area (Å²) in [6, 6.07) is 6.11. The minimum atomic E-state index is -3.62. The first-order valence-corrected chi connectivity index (χ1v) is 6.25. The topological polar surface area (TPSA) is 71.5 Å². The Balaban J connectivity index is 2.69. The largest absolute Gasteiger partial charge is 0.306 e. The zero-order valence-electron chi connectivity index (χ0n) is 8.29. The maximum Gasteiger partial charge on any atom is 0.214 e. The van der Waals surface area contributed by atoms with Gasteiger partial charge >= 0.3 is 0 Å². The molecule has 1 aliphatic heterocycles. The summed E-state index contributed by atoms with van der Waals surface area (Å²) in [6.07, 6.45) is 0.470. The Bertz CT molecular complexity index is 550. The number of carbonyl (C=O) groups is 2. The van der Waals surface area contributed by atoms with Crippen LogP contribution in [0.15, 0.2) is 29.2 Å². The van der Waals surface area contributed by atoms with E-state index >= 15 is 0 Å². The van der Waals surface area contributed by atoms with Gasteiger partial charge in [-0.2, -0.15) is 0 Å². The fraction of sp³-hybridized carbons (Fsp3) is 0.200. The van der Waals surface area contributed by atoms with Crippen molar-refractivity contribution < 1.29 is 18.0 Å². The molecule has 0 saturated carbocycles. The molecule has 16 heavy (non-hydrogen) atoms. The quantitative estimate of drug-likeness (QED) is 0.647. The number of sulfone groups is 1. The number of carbonyl (C=O) groups excluding carboxylic acids is 2. The summed E-state index contributed by atoms with van der Waals surface area (Å²) >= 11 is 0. The molecule has 5 nitrogen and oxygen atoms in total. The predicted octanol–water partition coefficient (Wildman–Crippen LogP) is 0.00580. The Morgan fingerprint density at radius 3 is 2.62 bits per heavy atom. The number of hydrogen-bond donors (Lipinski definition) is 0. The van der Waals surface area contributed by atoms with E-state index in [1.54, 1.807) is 12.1 Å². The van der Waals surface area contributed by atoms with Gasteiger partial charge in [0.2, 0.25) is 6.41 Å². The van der Waals surface area contributed by atoms with E-state index in [4.69, 9.17) is 0 Å². The van der Waals surface area contributed by atoms with Gasteiger partial charge in [-0.1, -0.05) is 12.1 Å². The highest BCUT2D eigenvalue weighted by atomic mass is 32.2. The molecule has 0 aliphatic carbocycles. The van der Waals surface area contributed by atoms with Gasteiger partial charge < -0.3 is 4.90 Å². The van der Waals surface area contributed by atoms with Crippen LogP contribution >= 0.6 is 0 Å². The van der Waals surface area contributed by atoms with E-state index in [0.29, 0.717) is 6.41 Å². The van der Waals surface area contributed by atoms with E-state index in [1.807, 2.05) is 0 Å². The van der Waals surface area contributed by atoms with Crippen LogP contribution in [0.5, 0.6) is 0 Å². The summed E-state index contributed by atoms with van der Waals surface area (Å²) in [5.41, 5.74) is 0.267. The Kier molecular flexibility index (Phi) is 2.51. The fourth-order valence-electron chi connectivity index (χ4n) is 1.66. The normalized spacial score (nSPS) is 18.8. The van der Waals surface area contributed by atoms with Gasteiger partial charge in [0.05, 0.1) is 17.1 Å². The van der Waals surface area contributed by atoms with Gasteiger partial charge in [-0.05, 0) is 12.1 Å². The average Bonchev–Trinajstić information content (AvgIpc) is 2.34. The minimum absolute atomic E-state index is 0.0351. The Hall–Kier alpha value is -1.69. The van der Waals surface area contributed by atoms with Crippen LogP contribution in [0.3, 0.4) is 0 Å². The van der Waals surface area contributed by atoms with Crippen molar-refractivity contribution in [1.29, 1.82) is 0 Å². The molecule has 0 saturated heterocycles. The number of Topliss-reactive ketones (excluding diaryl/α,β-unsaturated/α-hetero) is 1. The van der Waals surface area contributed by atoms with Gasteiger partial charge in [0.25, 0.3) is 0 Å². The monoisotopic (exact) mass is 239 g/mol. The van der Waals surface area contributed by atoms with E-state index < -0.39 is 21.4 Å². The summed E-state index contributed by atoms with van der Waals surface area (Å²) in [5.74, 6) is -1.03. The van der Waals surface area contributed by atoms with E-state index in [9.17, 15) is 18.0 Å². The lowest BCUT2D eigenvalue weighted by Crippen LogP contribution is -2.28. The molecule has 0 N–H and O–H groups in total. The zero-order chi connectivity index (χ0) is 11.8. The maximum atomic E-state index is 11.8. The molecule has 1 aliphatic rings. The van der Waals surface area contributed by atoms with Crippen molar-refractivity contribution in [1.82, 2.24) is 0 Å². The third kappa shape index (κ3) is 1.71. The summed E-state index contributed by atoms with van der Waals surface area (Å²) in [6.45, 7) is -0.195. The lowest BCUT2D eigenvalue weighted by atomic mass is 10.3. The second-order valence-electron chi connectivity index (χ2n) is 3.50. The molecule has 0 unspecified atom stereocenters. The van der Waals surface area contributed by atoms with Crippen LogP contribution in [0, 0.1) is 0 Å². The van der Waals surface area contributed by atoms with Gasteiger partial charge in [0.15, 0.2) is 15.6 Å². The number of rotatable bonds is 1. The molecule has 6 heteroatoms. The molecule has 1 amide bonds. The van der Waals surface area contributed by atoms with Gasteiger partial charge in [-0.15, -0.1) is 0 Å². The van der Waals surface area contributed by atoms with Crippen LogP contribution < -0.4 is 4.90 Å². The molecule has 0 atom stereocenters. The molecule has 84 valence electrons. The lowest BCUT2D eigenvalue weighted by Gasteiger charge is -2.15. The fourth-order valence-corrected chi connectivity index (χ4v) is 3.12. The van der Waals surface area contributed by atoms with E-state index in [2.05, 4.69) is 0 Å². The van der Waals surface area contributed by atoms with Gasteiger partial charge in [-0.3, -0.25) is 9.59 Å². The third-order valence-electron chi connectivity index (χ3n) is 2.33. The van der Waals surface area contributed by atoms with Gasteiger partial charge in [-0.25, -0.2) is 8.42 Å². The summed E-state index contributed by atoms with van der Waals surface area (Å²) in [5, 5.41) is 0. The number of para-hydroxylation sites is 1. The smallest absolute Gasteiger partial charge is 0.214 e. The highest BCUT2D eigenvalue weighted by Crippen LogP contribution is 2.27. The molecule has 2 rings (SSSR count). The number of nitrogens with zero attached hydrogens (tertiary/aromatic N) is 1. The van der Waals surface area contributed by atoms with E-state index in [0.717, 1.165) is 4.90 Å². The number of anilines is 1. The van der Waals surface area contributed by atoms with Gasteiger partial charge in [0.1, 0.15) is 5.75 Å². The summed E-state index contributed by atoms with van der Waals surface area (Å²) < 4.78 is 23.6. The van der Waals surface area contributed by atoms with Crippen LogP contribution in [-0.4, -0.2) is 32.9 Å². The van der Waals surface area contributed by atoms with Crippen molar-refractivity contribution >= 4 is 27.7 Å². The second-order valence-corrected chi connectivity index (χ2v) is 5.46. The number of hydrogen-bond acceptors (Lipinski definition) is 4. The Labute approximate surface area is 92.6 Å². The minimum Gasteiger partial charge on any atom is -0.306 e. The molecular formula is C10H9NO4S. The Morgan fingerprint density at radius 2 is 1.94 bits per heavy atom. The predicted molar refractivity (Wildman–Crippen MR) is 56.9 cm³/mol. The van der Waals surface area contributed by atoms with Crippen molar-refractivity contribution in [2.45, 2.75) is 4.90 Å². The molecule has 0 aromatic heterocycles. The molecule has 0 bridgehead atoms. The lowest BCUT2D eigenvalue weighted by molar-refractivity contribution is -0.117. The average molecular weight is 239 g/mol. The maximum absolute atomic E-state index is 11.8.